The maximum absolute atomic E-state index is 12.6. The first-order chi connectivity index (χ1) is 16.0. The Morgan fingerprint density at radius 1 is 1.12 bits per heavy atom. The minimum absolute atomic E-state index is 0.112. The van der Waals surface area contributed by atoms with Crippen LogP contribution in [0.2, 0.25) is 0 Å². The Balaban J connectivity index is 1.15. The van der Waals surface area contributed by atoms with Crippen LogP contribution in [0.1, 0.15) is 51.0 Å². The summed E-state index contributed by atoms with van der Waals surface area (Å²) in [7, 11) is 0. The summed E-state index contributed by atoms with van der Waals surface area (Å²) in [6, 6.07) is 8.07. The van der Waals surface area contributed by atoms with Crippen LogP contribution in [0.5, 0.6) is 0 Å². The van der Waals surface area contributed by atoms with Crippen LogP contribution in [0.25, 0.3) is 11.4 Å². The van der Waals surface area contributed by atoms with Crippen molar-refractivity contribution in [1.82, 2.24) is 25.3 Å². The average Bonchev–Trinajstić information content (AvgIpc) is 3.25. The molecule has 0 bridgehead atoms. The van der Waals surface area contributed by atoms with Gasteiger partial charge in [0, 0.05) is 31.1 Å². The predicted molar refractivity (Wildman–Crippen MR) is 129 cm³/mol. The number of carbonyl (C=O) groups excluding carboxylic acids is 1. The van der Waals surface area contributed by atoms with Gasteiger partial charge in [0.05, 0.1) is 6.54 Å². The zero-order valence-electron chi connectivity index (χ0n) is 20.4. The summed E-state index contributed by atoms with van der Waals surface area (Å²) in [6.45, 7) is 13.4. The van der Waals surface area contributed by atoms with Gasteiger partial charge in [0.15, 0.2) is 0 Å². The number of amides is 1. The van der Waals surface area contributed by atoms with E-state index < -0.39 is 0 Å². The molecule has 7 nitrogen and oxygen atoms in total. The van der Waals surface area contributed by atoms with E-state index in [1.54, 1.807) is 0 Å². The van der Waals surface area contributed by atoms with E-state index in [-0.39, 0.29) is 11.8 Å². The standard InChI is InChI=1S/C26H39N5O2/c1-19-15-20(2)17-31(16-19)12-6-11-27-26(32)22-9-13-30(14-10-22)18-24-28-25(29-33-24)23-8-5-4-7-21(23)3/h4-5,7-8,19-20,22H,6,9-18H2,1-3H3,(H,27,32). The Bertz CT molecular complexity index is 896. The van der Waals surface area contributed by atoms with Gasteiger partial charge in [-0.1, -0.05) is 43.3 Å². The van der Waals surface area contributed by atoms with Crippen LogP contribution < -0.4 is 5.32 Å². The summed E-state index contributed by atoms with van der Waals surface area (Å²) in [6.07, 6.45) is 4.13. The number of likely N-dealkylation sites (tertiary alicyclic amines) is 2. The molecule has 0 aliphatic carbocycles. The number of nitrogens with zero attached hydrogens (tertiary/aromatic N) is 4. The molecule has 2 unspecified atom stereocenters. The Morgan fingerprint density at radius 2 is 1.85 bits per heavy atom. The van der Waals surface area contributed by atoms with E-state index in [9.17, 15) is 4.79 Å². The normalized spacial score (nSPS) is 23.0. The molecule has 0 spiro atoms. The van der Waals surface area contributed by atoms with Gasteiger partial charge in [-0.3, -0.25) is 9.69 Å². The highest BCUT2D eigenvalue weighted by atomic mass is 16.5. The SMILES string of the molecule is Cc1ccccc1-c1noc(CN2CCC(C(=O)NCCCN3CC(C)CC(C)C3)CC2)n1. The minimum atomic E-state index is 0.112. The number of benzene rings is 1. The average molecular weight is 454 g/mol. The number of carbonyl (C=O) groups is 1. The lowest BCUT2D eigenvalue weighted by Gasteiger charge is -2.35. The molecule has 2 atom stereocenters. The smallest absolute Gasteiger partial charge is 0.241 e. The second kappa shape index (κ2) is 11.3. The summed E-state index contributed by atoms with van der Waals surface area (Å²) in [4.78, 5) is 22.1. The Kier molecular flexibility index (Phi) is 8.15. The molecule has 7 heteroatoms. The fourth-order valence-corrected chi connectivity index (χ4v) is 5.43. The molecular formula is C26H39N5O2. The lowest BCUT2D eigenvalue weighted by Crippen LogP contribution is -2.42. The first-order valence-corrected chi connectivity index (χ1v) is 12.6. The fourth-order valence-electron chi connectivity index (χ4n) is 5.43. The number of rotatable bonds is 8. The highest BCUT2D eigenvalue weighted by Crippen LogP contribution is 2.23. The number of aromatic nitrogens is 2. The van der Waals surface area contributed by atoms with Gasteiger partial charge in [-0.2, -0.15) is 4.98 Å². The number of hydrogen-bond acceptors (Lipinski definition) is 6. The number of nitrogens with one attached hydrogen (secondary N) is 1. The highest BCUT2D eigenvalue weighted by molar-refractivity contribution is 5.78. The molecule has 180 valence electrons. The van der Waals surface area contributed by atoms with Crippen molar-refractivity contribution < 1.29 is 9.32 Å². The number of piperidine rings is 2. The van der Waals surface area contributed by atoms with E-state index in [2.05, 4.69) is 52.1 Å². The molecule has 2 saturated heterocycles. The molecule has 0 radical (unpaired) electrons. The van der Waals surface area contributed by atoms with Crippen LogP contribution in [0.3, 0.4) is 0 Å². The van der Waals surface area contributed by atoms with Gasteiger partial charge in [-0.05, 0) is 69.6 Å². The molecule has 2 aliphatic rings. The van der Waals surface area contributed by atoms with Crippen molar-refractivity contribution in [1.29, 1.82) is 0 Å². The van der Waals surface area contributed by atoms with Gasteiger partial charge in [-0.25, -0.2) is 0 Å². The molecule has 1 amide bonds. The zero-order chi connectivity index (χ0) is 23.2. The van der Waals surface area contributed by atoms with Gasteiger partial charge in [0.25, 0.3) is 0 Å². The summed E-state index contributed by atoms with van der Waals surface area (Å²) in [5, 5.41) is 7.34. The second-order valence-corrected chi connectivity index (χ2v) is 10.2. The van der Waals surface area contributed by atoms with Crippen molar-refractivity contribution in [2.45, 2.75) is 53.0 Å². The van der Waals surface area contributed by atoms with E-state index in [1.165, 1.54) is 19.5 Å². The Morgan fingerprint density at radius 3 is 2.58 bits per heavy atom. The quantitative estimate of drug-likeness (QED) is 0.614. The monoisotopic (exact) mass is 453 g/mol. The maximum Gasteiger partial charge on any atom is 0.241 e. The second-order valence-electron chi connectivity index (χ2n) is 10.2. The minimum Gasteiger partial charge on any atom is -0.356 e. The maximum atomic E-state index is 12.6. The third-order valence-electron chi connectivity index (χ3n) is 7.07. The van der Waals surface area contributed by atoms with E-state index in [1.807, 2.05) is 18.2 Å². The molecule has 2 aromatic rings. The Labute approximate surface area is 197 Å². The molecule has 2 fully saturated rings. The van der Waals surface area contributed by atoms with Crippen LogP contribution in [0, 0.1) is 24.7 Å². The molecule has 1 aromatic carbocycles. The van der Waals surface area contributed by atoms with E-state index in [0.717, 1.165) is 68.4 Å². The zero-order valence-corrected chi connectivity index (χ0v) is 20.4. The first-order valence-electron chi connectivity index (χ1n) is 12.6. The molecular weight excluding hydrogens is 414 g/mol. The third-order valence-corrected chi connectivity index (χ3v) is 7.07. The van der Waals surface area contributed by atoms with Crippen LogP contribution in [0.4, 0.5) is 0 Å². The van der Waals surface area contributed by atoms with Gasteiger partial charge < -0.3 is 14.7 Å². The lowest BCUT2D eigenvalue weighted by molar-refractivity contribution is -0.126. The summed E-state index contributed by atoms with van der Waals surface area (Å²) < 4.78 is 5.49. The number of hydrogen-bond donors (Lipinski definition) is 1. The van der Waals surface area contributed by atoms with Gasteiger partial charge in [0.2, 0.25) is 17.6 Å². The van der Waals surface area contributed by atoms with Gasteiger partial charge in [0.1, 0.15) is 0 Å². The van der Waals surface area contributed by atoms with Crippen LogP contribution >= 0.6 is 0 Å². The van der Waals surface area contributed by atoms with E-state index in [4.69, 9.17) is 4.52 Å². The molecule has 4 rings (SSSR count). The lowest BCUT2D eigenvalue weighted by atomic mass is 9.92. The van der Waals surface area contributed by atoms with E-state index in [0.29, 0.717) is 18.3 Å². The van der Waals surface area contributed by atoms with Crippen molar-refractivity contribution in [3.63, 3.8) is 0 Å². The Hall–Kier alpha value is -2.25. The molecule has 1 N–H and O–H groups in total. The molecule has 1 aromatic heterocycles. The van der Waals surface area contributed by atoms with Gasteiger partial charge in [-0.15, -0.1) is 0 Å². The predicted octanol–water partition coefficient (Wildman–Crippen LogP) is 3.74. The topological polar surface area (TPSA) is 74.5 Å². The third kappa shape index (κ3) is 6.64. The van der Waals surface area contributed by atoms with Crippen LogP contribution in [-0.4, -0.2) is 65.1 Å². The van der Waals surface area contributed by atoms with Crippen molar-refractivity contribution in [3.05, 3.63) is 35.7 Å². The van der Waals surface area contributed by atoms with Crippen molar-refractivity contribution in [2.75, 3.05) is 39.3 Å². The van der Waals surface area contributed by atoms with Crippen molar-refractivity contribution in [3.8, 4) is 11.4 Å². The molecule has 33 heavy (non-hydrogen) atoms. The highest BCUT2D eigenvalue weighted by Gasteiger charge is 2.26. The summed E-state index contributed by atoms with van der Waals surface area (Å²) >= 11 is 0. The molecule has 3 heterocycles. The summed E-state index contributed by atoms with van der Waals surface area (Å²) in [5.74, 6) is 3.18. The van der Waals surface area contributed by atoms with Gasteiger partial charge >= 0.3 is 0 Å². The van der Waals surface area contributed by atoms with Crippen LogP contribution in [0.15, 0.2) is 28.8 Å². The first kappa shape index (κ1) is 23.9. The van der Waals surface area contributed by atoms with E-state index >= 15 is 0 Å². The molecule has 0 saturated carbocycles. The van der Waals surface area contributed by atoms with Crippen molar-refractivity contribution in [2.24, 2.45) is 17.8 Å². The largest absolute Gasteiger partial charge is 0.356 e. The molecule has 2 aliphatic heterocycles. The fraction of sp³-hybridized carbons (Fsp3) is 0.654. The number of aryl methyl sites for hydroxylation is 1. The van der Waals surface area contributed by atoms with Crippen LogP contribution in [-0.2, 0) is 11.3 Å². The van der Waals surface area contributed by atoms with Crippen molar-refractivity contribution >= 4 is 5.91 Å². The summed E-state index contributed by atoms with van der Waals surface area (Å²) in [5.41, 5.74) is 2.14.